The minimum absolute atomic E-state index is 0.0202. The van der Waals surface area contributed by atoms with Crippen molar-refractivity contribution in [1.29, 1.82) is 0 Å². The van der Waals surface area contributed by atoms with Gasteiger partial charge in [0.2, 0.25) is 11.8 Å². The molecule has 1 saturated heterocycles. The number of nitrogens with zero attached hydrogens (tertiary/aromatic N) is 1. The number of benzene rings is 1. The molecule has 0 atom stereocenters. The van der Waals surface area contributed by atoms with E-state index in [0.717, 1.165) is 24.1 Å². The number of hydrogen-bond acceptors (Lipinski definition) is 3. The van der Waals surface area contributed by atoms with Crippen molar-refractivity contribution in [1.82, 2.24) is 5.32 Å². The molecule has 0 bridgehead atoms. The molecule has 1 heterocycles. The number of nitrogens with one attached hydrogen (secondary N) is 1. The molecular formula is C17H23ClN2O3. The molecule has 0 radical (unpaired) electrons. The number of hydrogen-bond donors (Lipinski definition) is 1. The Morgan fingerprint density at radius 1 is 1.35 bits per heavy atom. The van der Waals surface area contributed by atoms with Gasteiger partial charge in [0.1, 0.15) is 0 Å². The highest BCUT2D eigenvalue weighted by Crippen LogP contribution is 2.23. The van der Waals surface area contributed by atoms with Gasteiger partial charge in [0.15, 0.2) is 0 Å². The fourth-order valence-corrected chi connectivity index (χ4v) is 2.99. The van der Waals surface area contributed by atoms with Gasteiger partial charge in [-0.25, -0.2) is 0 Å². The van der Waals surface area contributed by atoms with E-state index < -0.39 is 0 Å². The van der Waals surface area contributed by atoms with Crippen LogP contribution in [-0.2, 0) is 14.3 Å². The number of carbonyl (C=O) groups excluding carboxylic acids is 2. The summed E-state index contributed by atoms with van der Waals surface area (Å²) in [5.41, 5.74) is 1.76. The number of aryl methyl sites for hydroxylation is 1. The lowest BCUT2D eigenvalue weighted by atomic mass is 9.99. The van der Waals surface area contributed by atoms with E-state index in [-0.39, 0.29) is 17.7 Å². The Bertz CT molecular complexity index is 571. The Labute approximate surface area is 141 Å². The molecule has 126 valence electrons. The Morgan fingerprint density at radius 2 is 2.04 bits per heavy atom. The molecular weight excluding hydrogens is 316 g/mol. The minimum Gasteiger partial charge on any atom is -0.381 e. The summed E-state index contributed by atoms with van der Waals surface area (Å²) < 4.78 is 5.26. The number of amides is 2. The van der Waals surface area contributed by atoms with E-state index in [9.17, 15) is 9.59 Å². The molecule has 1 N–H and O–H groups in total. The highest BCUT2D eigenvalue weighted by molar-refractivity contribution is 6.30. The first kappa shape index (κ1) is 17.8. The van der Waals surface area contributed by atoms with E-state index in [2.05, 4.69) is 5.32 Å². The van der Waals surface area contributed by atoms with Gasteiger partial charge in [-0.2, -0.15) is 0 Å². The molecule has 1 fully saturated rings. The third-order valence-corrected chi connectivity index (χ3v) is 4.29. The molecule has 0 aliphatic carbocycles. The summed E-state index contributed by atoms with van der Waals surface area (Å²) in [5, 5.41) is 3.57. The fourth-order valence-electron chi connectivity index (χ4n) is 2.76. The molecule has 23 heavy (non-hydrogen) atoms. The zero-order chi connectivity index (χ0) is 16.8. The third kappa shape index (κ3) is 4.94. The van der Waals surface area contributed by atoms with Crippen LogP contribution in [0.15, 0.2) is 18.2 Å². The maximum absolute atomic E-state index is 12.1. The van der Waals surface area contributed by atoms with Crippen molar-refractivity contribution >= 4 is 29.1 Å². The van der Waals surface area contributed by atoms with E-state index in [0.29, 0.717) is 31.3 Å². The van der Waals surface area contributed by atoms with Gasteiger partial charge in [-0.1, -0.05) is 11.6 Å². The standard InChI is InChI=1S/C17H23ClN2O3/c1-12-11-15(18)3-4-16(12)20(13(2)21)8-7-19-17(22)14-5-9-23-10-6-14/h3-4,11,14H,5-10H2,1-2H3,(H,19,22). The highest BCUT2D eigenvalue weighted by Gasteiger charge is 2.21. The molecule has 5 nitrogen and oxygen atoms in total. The van der Waals surface area contributed by atoms with Gasteiger partial charge in [-0.15, -0.1) is 0 Å². The van der Waals surface area contributed by atoms with Gasteiger partial charge in [0, 0.05) is 49.9 Å². The Kier molecular flexibility index (Phi) is 6.42. The van der Waals surface area contributed by atoms with Crippen LogP contribution < -0.4 is 10.2 Å². The molecule has 2 amide bonds. The summed E-state index contributed by atoms with van der Waals surface area (Å²) in [6.07, 6.45) is 1.52. The van der Waals surface area contributed by atoms with Gasteiger partial charge in [0.05, 0.1) is 0 Å². The number of ether oxygens (including phenoxy) is 1. The first-order valence-electron chi connectivity index (χ1n) is 7.88. The zero-order valence-corrected chi connectivity index (χ0v) is 14.4. The summed E-state index contributed by atoms with van der Waals surface area (Å²) >= 11 is 5.96. The number of carbonyl (C=O) groups is 2. The fraction of sp³-hybridized carbons (Fsp3) is 0.529. The molecule has 1 aromatic carbocycles. The molecule has 0 spiro atoms. The summed E-state index contributed by atoms with van der Waals surface area (Å²) in [7, 11) is 0. The van der Waals surface area contributed by atoms with E-state index in [1.165, 1.54) is 6.92 Å². The van der Waals surface area contributed by atoms with Gasteiger partial charge in [0.25, 0.3) is 0 Å². The zero-order valence-electron chi connectivity index (χ0n) is 13.6. The van der Waals surface area contributed by atoms with Crippen LogP contribution in [0.1, 0.15) is 25.3 Å². The van der Waals surface area contributed by atoms with E-state index in [4.69, 9.17) is 16.3 Å². The second kappa shape index (κ2) is 8.31. The lowest BCUT2D eigenvalue weighted by molar-refractivity contribution is -0.127. The molecule has 0 saturated carbocycles. The minimum atomic E-state index is -0.0595. The second-order valence-corrected chi connectivity index (χ2v) is 6.22. The van der Waals surface area contributed by atoms with Crippen LogP contribution in [0.4, 0.5) is 5.69 Å². The maximum Gasteiger partial charge on any atom is 0.223 e. The normalized spacial score (nSPS) is 15.3. The average molecular weight is 339 g/mol. The van der Waals surface area contributed by atoms with Crippen LogP contribution in [0.2, 0.25) is 5.02 Å². The summed E-state index contributed by atoms with van der Waals surface area (Å²) in [6, 6.07) is 5.42. The number of anilines is 1. The molecule has 1 aromatic rings. The lowest BCUT2D eigenvalue weighted by Gasteiger charge is -2.25. The van der Waals surface area contributed by atoms with Crippen molar-refractivity contribution < 1.29 is 14.3 Å². The van der Waals surface area contributed by atoms with E-state index >= 15 is 0 Å². The summed E-state index contributed by atoms with van der Waals surface area (Å²) in [6.45, 7) is 5.58. The van der Waals surface area contributed by atoms with Gasteiger partial charge in [-0.3, -0.25) is 9.59 Å². The topological polar surface area (TPSA) is 58.6 Å². The van der Waals surface area contributed by atoms with Crippen molar-refractivity contribution in [3.63, 3.8) is 0 Å². The van der Waals surface area contributed by atoms with Crippen LogP contribution in [0.3, 0.4) is 0 Å². The van der Waals surface area contributed by atoms with Crippen molar-refractivity contribution in [3.8, 4) is 0 Å². The molecule has 1 aliphatic heterocycles. The molecule has 6 heteroatoms. The average Bonchev–Trinajstić information content (AvgIpc) is 2.53. The summed E-state index contributed by atoms with van der Waals surface area (Å²) in [5.74, 6) is 0.00663. The van der Waals surface area contributed by atoms with Crippen molar-refractivity contribution in [2.45, 2.75) is 26.7 Å². The van der Waals surface area contributed by atoms with Gasteiger partial charge < -0.3 is 15.0 Å². The van der Waals surface area contributed by atoms with Crippen LogP contribution in [0.25, 0.3) is 0 Å². The van der Waals surface area contributed by atoms with Gasteiger partial charge >= 0.3 is 0 Å². The highest BCUT2D eigenvalue weighted by atomic mass is 35.5. The summed E-state index contributed by atoms with van der Waals surface area (Å²) in [4.78, 5) is 25.7. The lowest BCUT2D eigenvalue weighted by Crippen LogP contribution is -2.41. The van der Waals surface area contributed by atoms with Crippen LogP contribution in [0, 0.1) is 12.8 Å². The predicted octanol–water partition coefficient (Wildman–Crippen LogP) is 2.54. The SMILES string of the molecule is CC(=O)N(CCNC(=O)C1CCOCC1)c1ccc(Cl)cc1C. The molecule has 2 rings (SSSR count). The smallest absolute Gasteiger partial charge is 0.223 e. The molecule has 0 aromatic heterocycles. The Balaban J connectivity index is 1.92. The first-order chi connectivity index (χ1) is 11.0. The third-order valence-electron chi connectivity index (χ3n) is 4.06. The van der Waals surface area contributed by atoms with E-state index in [1.807, 2.05) is 19.1 Å². The van der Waals surface area contributed by atoms with E-state index in [1.54, 1.807) is 11.0 Å². The largest absolute Gasteiger partial charge is 0.381 e. The van der Waals surface area contributed by atoms with Crippen molar-refractivity contribution in [3.05, 3.63) is 28.8 Å². The Hall–Kier alpha value is -1.59. The maximum atomic E-state index is 12.1. The van der Waals surface area contributed by atoms with Crippen molar-refractivity contribution in [2.24, 2.45) is 5.92 Å². The molecule has 1 aliphatic rings. The van der Waals surface area contributed by atoms with Crippen LogP contribution in [-0.4, -0.2) is 38.1 Å². The number of rotatable bonds is 5. The van der Waals surface area contributed by atoms with Crippen molar-refractivity contribution in [2.75, 3.05) is 31.2 Å². The van der Waals surface area contributed by atoms with Crippen LogP contribution >= 0.6 is 11.6 Å². The van der Waals surface area contributed by atoms with Gasteiger partial charge in [-0.05, 0) is 43.5 Å². The quantitative estimate of drug-likeness (QED) is 0.897. The predicted molar refractivity (Wildman–Crippen MR) is 90.8 cm³/mol. The monoisotopic (exact) mass is 338 g/mol. The molecule has 0 unspecified atom stereocenters. The first-order valence-corrected chi connectivity index (χ1v) is 8.26. The number of halogens is 1. The van der Waals surface area contributed by atoms with Crippen LogP contribution in [0.5, 0.6) is 0 Å². The Morgan fingerprint density at radius 3 is 2.65 bits per heavy atom. The second-order valence-electron chi connectivity index (χ2n) is 5.78.